The van der Waals surface area contributed by atoms with E-state index in [1.807, 2.05) is 30.3 Å². The van der Waals surface area contributed by atoms with E-state index in [0.29, 0.717) is 11.7 Å². The largest absolute Gasteiger partial charge is 0.312 e. The van der Waals surface area contributed by atoms with Crippen molar-refractivity contribution in [1.29, 1.82) is 0 Å². The first-order chi connectivity index (χ1) is 11.9. The van der Waals surface area contributed by atoms with E-state index in [1.165, 1.54) is 11.3 Å². The summed E-state index contributed by atoms with van der Waals surface area (Å²) in [6.45, 7) is 6.70. The van der Waals surface area contributed by atoms with Crippen LogP contribution in [0.3, 0.4) is 0 Å². The molecule has 0 unspecified atom stereocenters. The zero-order valence-corrected chi connectivity index (χ0v) is 15.5. The molecule has 7 heteroatoms. The van der Waals surface area contributed by atoms with Crippen molar-refractivity contribution in [3.63, 3.8) is 0 Å². The average Bonchev–Trinajstić information content (AvgIpc) is 3.23. The molecule has 1 aliphatic rings. The van der Waals surface area contributed by atoms with E-state index in [0.717, 1.165) is 17.1 Å². The van der Waals surface area contributed by atoms with Crippen LogP contribution in [-0.2, 0) is 15.0 Å². The number of aromatic nitrogens is 2. The predicted octanol–water partition coefficient (Wildman–Crippen LogP) is 3.22. The minimum absolute atomic E-state index is 0.0311. The van der Waals surface area contributed by atoms with Crippen LogP contribution in [0.25, 0.3) is 0 Å². The van der Waals surface area contributed by atoms with Gasteiger partial charge in [0.05, 0.1) is 5.92 Å². The normalized spacial score (nSPS) is 17.8. The summed E-state index contributed by atoms with van der Waals surface area (Å²) in [7, 11) is 0. The van der Waals surface area contributed by atoms with Gasteiger partial charge in [0.1, 0.15) is 5.01 Å². The Morgan fingerprint density at radius 1 is 1.32 bits per heavy atom. The van der Waals surface area contributed by atoms with Gasteiger partial charge in [0, 0.05) is 24.1 Å². The number of nitrogens with zero attached hydrogens (tertiary/aromatic N) is 3. The second kappa shape index (κ2) is 6.92. The van der Waals surface area contributed by atoms with Crippen LogP contribution in [0.1, 0.15) is 38.6 Å². The van der Waals surface area contributed by atoms with Crippen molar-refractivity contribution in [1.82, 2.24) is 10.2 Å². The molecule has 2 amide bonds. The maximum atomic E-state index is 12.5. The Morgan fingerprint density at radius 2 is 2.04 bits per heavy atom. The molecule has 0 spiro atoms. The Labute approximate surface area is 151 Å². The van der Waals surface area contributed by atoms with E-state index in [2.05, 4.69) is 36.3 Å². The summed E-state index contributed by atoms with van der Waals surface area (Å²) in [4.78, 5) is 26.4. The summed E-state index contributed by atoms with van der Waals surface area (Å²) in [5.74, 6) is -0.584. The van der Waals surface area contributed by atoms with Crippen LogP contribution in [0.5, 0.6) is 0 Å². The number of nitrogens with one attached hydrogen (secondary N) is 1. The Bertz CT molecular complexity index is 772. The highest BCUT2D eigenvalue weighted by Gasteiger charge is 2.35. The predicted molar refractivity (Wildman–Crippen MR) is 98.8 cm³/mol. The lowest BCUT2D eigenvalue weighted by molar-refractivity contribution is -0.122. The van der Waals surface area contributed by atoms with E-state index < -0.39 is 0 Å². The molecule has 132 valence electrons. The quantitative estimate of drug-likeness (QED) is 0.890. The van der Waals surface area contributed by atoms with Crippen molar-refractivity contribution in [2.45, 2.75) is 39.0 Å². The van der Waals surface area contributed by atoms with Crippen LogP contribution in [0.2, 0.25) is 0 Å². The van der Waals surface area contributed by atoms with E-state index >= 15 is 0 Å². The van der Waals surface area contributed by atoms with E-state index in [9.17, 15) is 9.59 Å². The topological polar surface area (TPSA) is 75.2 Å². The van der Waals surface area contributed by atoms with Gasteiger partial charge in [-0.15, -0.1) is 10.2 Å². The van der Waals surface area contributed by atoms with Crippen LogP contribution in [-0.4, -0.2) is 28.6 Å². The summed E-state index contributed by atoms with van der Waals surface area (Å²) < 4.78 is 0. The second-order valence-electron chi connectivity index (χ2n) is 6.88. The summed E-state index contributed by atoms with van der Waals surface area (Å²) in [5, 5.41) is 12.5. The van der Waals surface area contributed by atoms with Crippen molar-refractivity contribution in [2.24, 2.45) is 5.92 Å². The van der Waals surface area contributed by atoms with Gasteiger partial charge in [0.2, 0.25) is 16.9 Å². The molecule has 25 heavy (non-hydrogen) atoms. The molecule has 6 nitrogen and oxygen atoms in total. The molecule has 2 heterocycles. The number of hydrogen-bond acceptors (Lipinski definition) is 5. The fraction of sp³-hybridized carbons (Fsp3) is 0.444. The van der Waals surface area contributed by atoms with E-state index in [4.69, 9.17) is 0 Å². The highest BCUT2D eigenvalue weighted by molar-refractivity contribution is 7.15. The first-order valence-electron chi connectivity index (χ1n) is 8.41. The summed E-state index contributed by atoms with van der Waals surface area (Å²) in [6, 6.07) is 9.42. The van der Waals surface area contributed by atoms with Crippen molar-refractivity contribution in [3.8, 4) is 0 Å². The Balaban J connectivity index is 1.66. The molecule has 3 rings (SSSR count). The molecule has 1 atom stereocenters. The minimum atomic E-state index is -0.376. The second-order valence-corrected chi connectivity index (χ2v) is 7.86. The smallest absolute Gasteiger partial charge is 0.231 e. The Hall–Kier alpha value is -2.28. The van der Waals surface area contributed by atoms with Crippen LogP contribution >= 0.6 is 11.3 Å². The van der Waals surface area contributed by atoms with Crippen molar-refractivity contribution < 1.29 is 9.59 Å². The van der Waals surface area contributed by atoms with Gasteiger partial charge in [0.25, 0.3) is 0 Å². The minimum Gasteiger partial charge on any atom is -0.312 e. The van der Waals surface area contributed by atoms with Gasteiger partial charge in [-0.25, -0.2) is 0 Å². The maximum Gasteiger partial charge on any atom is 0.231 e. The fourth-order valence-corrected chi connectivity index (χ4v) is 3.57. The molecule has 2 aromatic rings. The lowest BCUT2D eigenvalue weighted by atomic mass is 9.91. The number of rotatable bonds is 5. The van der Waals surface area contributed by atoms with Crippen LogP contribution in [0.4, 0.5) is 10.8 Å². The number of carbonyl (C=O) groups excluding carboxylic acids is 2. The van der Waals surface area contributed by atoms with Gasteiger partial charge < -0.3 is 10.2 Å². The molecule has 1 N–H and O–H groups in total. The third-order valence-electron chi connectivity index (χ3n) is 4.68. The molecular weight excluding hydrogens is 336 g/mol. The average molecular weight is 358 g/mol. The highest BCUT2D eigenvalue weighted by Crippen LogP contribution is 2.32. The van der Waals surface area contributed by atoms with Gasteiger partial charge in [-0.1, -0.05) is 50.3 Å². The monoisotopic (exact) mass is 358 g/mol. The molecule has 1 saturated heterocycles. The van der Waals surface area contributed by atoms with Gasteiger partial charge in [0.15, 0.2) is 0 Å². The summed E-state index contributed by atoms with van der Waals surface area (Å²) in [5.41, 5.74) is 0.763. The van der Waals surface area contributed by atoms with E-state index in [1.54, 1.807) is 4.90 Å². The number of para-hydroxylation sites is 1. The molecule has 1 aromatic carbocycles. The van der Waals surface area contributed by atoms with Crippen LogP contribution in [0.15, 0.2) is 30.3 Å². The van der Waals surface area contributed by atoms with Crippen molar-refractivity contribution in [3.05, 3.63) is 35.3 Å². The van der Waals surface area contributed by atoms with Crippen molar-refractivity contribution in [2.75, 3.05) is 16.8 Å². The number of carbonyl (C=O) groups is 2. The first kappa shape index (κ1) is 17.5. The third kappa shape index (κ3) is 3.71. The molecule has 1 aromatic heterocycles. The molecule has 0 saturated carbocycles. The van der Waals surface area contributed by atoms with Gasteiger partial charge in [-0.3, -0.25) is 9.59 Å². The third-order valence-corrected chi connectivity index (χ3v) is 5.89. The maximum absolute atomic E-state index is 12.5. The fourth-order valence-electron chi connectivity index (χ4n) is 2.65. The van der Waals surface area contributed by atoms with E-state index in [-0.39, 0.29) is 29.6 Å². The Kier molecular flexibility index (Phi) is 4.85. The molecule has 1 aliphatic heterocycles. The molecule has 0 aliphatic carbocycles. The molecular formula is C18H22N4O2S. The number of hydrogen-bond donors (Lipinski definition) is 1. The Morgan fingerprint density at radius 3 is 2.72 bits per heavy atom. The molecule has 0 bridgehead atoms. The standard InChI is InChI=1S/C18H22N4O2S/c1-4-18(2,3)16-20-21-17(25-16)19-15(24)12-10-14(23)22(11-12)13-8-6-5-7-9-13/h5-9,12H,4,10-11H2,1-3H3,(H,19,21,24)/t12-/m0/s1. The SMILES string of the molecule is CCC(C)(C)c1nnc(NC(=O)[C@H]2CC(=O)N(c3ccccc3)C2)s1. The zero-order valence-electron chi connectivity index (χ0n) is 14.7. The van der Waals surface area contributed by atoms with Gasteiger partial charge in [-0.05, 0) is 18.6 Å². The summed E-state index contributed by atoms with van der Waals surface area (Å²) in [6.07, 6.45) is 1.16. The zero-order chi connectivity index (χ0) is 18.0. The number of anilines is 2. The lowest BCUT2D eigenvalue weighted by Gasteiger charge is -2.17. The number of amides is 2. The first-order valence-corrected chi connectivity index (χ1v) is 9.22. The van der Waals surface area contributed by atoms with Gasteiger partial charge in [-0.2, -0.15) is 0 Å². The summed E-state index contributed by atoms with van der Waals surface area (Å²) >= 11 is 1.40. The van der Waals surface area contributed by atoms with Crippen LogP contribution in [0, 0.1) is 5.92 Å². The van der Waals surface area contributed by atoms with Crippen LogP contribution < -0.4 is 10.2 Å². The number of benzene rings is 1. The van der Waals surface area contributed by atoms with Gasteiger partial charge >= 0.3 is 0 Å². The highest BCUT2D eigenvalue weighted by atomic mass is 32.1. The van der Waals surface area contributed by atoms with Crippen molar-refractivity contribution >= 4 is 34.0 Å². The molecule has 1 fully saturated rings. The molecule has 0 radical (unpaired) electrons. The lowest BCUT2D eigenvalue weighted by Crippen LogP contribution is -2.28.